The Labute approximate surface area is 183 Å². The second-order valence-electron chi connectivity index (χ2n) is 6.85. The van der Waals surface area contributed by atoms with E-state index in [9.17, 15) is 0 Å². The number of hydrogen-bond donors (Lipinski definition) is 2. The lowest BCUT2D eigenvalue weighted by atomic mass is 10.1. The molecule has 6 nitrogen and oxygen atoms in total. The Hall–Kier alpha value is -2.16. The number of aliphatic imine (C=N–C) groups is 1. The van der Waals surface area contributed by atoms with E-state index in [2.05, 4.69) is 63.0 Å². The third-order valence-electron chi connectivity index (χ3n) is 5.02. The maximum Gasteiger partial charge on any atom is 0.231 e. The number of para-hydroxylation sites is 1. The number of rotatable bonds is 5. The zero-order valence-electron chi connectivity index (χ0n) is 16.1. The molecule has 1 atom stereocenters. The SMILES string of the molecule is CN=C(NCCc1ccc2c(c1)OCO2)NC1CCN(c2ccccc2)C1.I. The topological polar surface area (TPSA) is 58.1 Å². The van der Waals surface area contributed by atoms with Crippen molar-refractivity contribution >= 4 is 35.6 Å². The highest BCUT2D eigenvalue weighted by Gasteiger charge is 2.23. The molecule has 2 heterocycles. The van der Waals surface area contributed by atoms with Crippen LogP contribution in [0.4, 0.5) is 5.69 Å². The number of benzene rings is 2. The number of guanidine groups is 1. The van der Waals surface area contributed by atoms with Crippen LogP contribution in [0.2, 0.25) is 0 Å². The van der Waals surface area contributed by atoms with E-state index >= 15 is 0 Å². The minimum Gasteiger partial charge on any atom is -0.454 e. The Morgan fingerprint density at radius 2 is 1.96 bits per heavy atom. The van der Waals surface area contributed by atoms with E-state index in [0.717, 1.165) is 49.9 Å². The van der Waals surface area contributed by atoms with Crippen molar-refractivity contribution in [2.24, 2.45) is 4.99 Å². The van der Waals surface area contributed by atoms with Crippen molar-refractivity contribution in [2.75, 3.05) is 38.4 Å². The Kier molecular flexibility index (Phi) is 7.24. The van der Waals surface area contributed by atoms with E-state index in [0.29, 0.717) is 12.8 Å². The van der Waals surface area contributed by atoms with Crippen LogP contribution in [-0.2, 0) is 6.42 Å². The van der Waals surface area contributed by atoms with E-state index in [4.69, 9.17) is 9.47 Å². The second-order valence-corrected chi connectivity index (χ2v) is 6.85. The van der Waals surface area contributed by atoms with Gasteiger partial charge in [0.05, 0.1) is 0 Å². The van der Waals surface area contributed by atoms with Crippen LogP contribution in [0, 0.1) is 0 Å². The number of anilines is 1. The summed E-state index contributed by atoms with van der Waals surface area (Å²) in [6, 6.07) is 17.1. The highest BCUT2D eigenvalue weighted by atomic mass is 127. The molecule has 2 N–H and O–H groups in total. The molecular weight excluding hydrogens is 467 g/mol. The molecule has 0 amide bonds. The predicted octanol–water partition coefficient (Wildman–Crippen LogP) is 3.02. The average Bonchev–Trinajstić information content (AvgIpc) is 3.37. The van der Waals surface area contributed by atoms with Gasteiger partial charge in [0.25, 0.3) is 0 Å². The van der Waals surface area contributed by atoms with Gasteiger partial charge in [0.2, 0.25) is 6.79 Å². The van der Waals surface area contributed by atoms with Gasteiger partial charge < -0.3 is 25.0 Å². The van der Waals surface area contributed by atoms with Gasteiger partial charge in [-0.1, -0.05) is 24.3 Å². The molecule has 2 aromatic rings. The summed E-state index contributed by atoms with van der Waals surface area (Å²) in [5.74, 6) is 2.52. The zero-order valence-corrected chi connectivity index (χ0v) is 18.4. The average molecular weight is 494 g/mol. The second kappa shape index (κ2) is 9.86. The summed E-state index contributed by atoms with van der Waals surface area (Å²) in [5, 5.41) is 6.96. The van der Waals surface area contributed by atoms with Crippen molar-refractivity contribution in [3.63, 3.8) is 0 Å². The zero-order chi connectivity index (χ0) is 18.5. The number of fused-ring (bicyclic) bond motifs is 1. The molecule has 0 aromatic heterocycles. The molecule has 4 rings (SSSR count). The molecule has 0 saturated carbocycles. The van der Waals surface area contributed by atoms with Gasteiger partial charge in [-0.25, -0.2) is 0 Å². The first-order valence-electron chi connectivity index (χ1n) is 9.47. The highest BCUT2D eigenvalue weighted by molar-refractivity contribution is 14.0. The molecule has 0 spiro atoms. The summed E-state index contributed by atoms with van der Waals surface area (Å²) in [5.41, 5.74) is 2.51. The summed E-state index contributed by atoms with van der Waals surface area (Å²) in [4.78, 5) is 6.78. The summed E-state index contributed by atoms with van der Waals surface area (Å²) < 4.78 is 10.8. The number of nitrogens with zero attached hydrogens (tertiary/aromatic N) is 2. The third-order valence-corrected chi connectivity index (χ3v) is 5.02. The van der Waals surface area contributed by atoms with Crippen molar-refractivity contribution in [1.29, 1.82) is 0 Å². The first-order valence-corrected chi connectivity index (χ1v) is 9.47. The Morgan fingerprint density at radius 3 is 2.79 bits per heavy atom. The molecule has 150 valence electrons. The van der Waals surface area contributed by atoms with Crippen molar-refractivity contribution in [2.45, 2.75) is 18.9 Å². The molecular formula is C21H27IN4O2. The van der Waals surface area contributed by atoms with Crippen molar-refractivity contribution in [3.8, 4) is 11.5 Å². The van der Waals surface area contributed by atoms with Gasteiger partial charge in [-0.3, -0.25) is 4.99 Å². The fourth-order valence-electron chi connectivity index (χ4n) is 3.56. The monoisotopic (exact) mass is 494 g/mol. The fourth-order valence-corrected chi connectivity index (χ4v) is 3.56. The lowest BCUT2D eigenvalue weighted by Crippen LogP contribution is -2.45. The van der Waals surface area contributed by atoms with Crippen LogP contribution < -0.4 is 25.0 Å². The normalized spacial score (nSPS) is 18.0. The van der Waals surface area contributed by atoms with Gasteiger partial charge in [-0.05, 0) is 42.7 Å². The van der Waals surface area contributed by atoms with Crippen LogP contribution in [0.25, 0.3) is 0 Å². The van der Waals surface area contributed by atoms with Gasteiger partial charge in [-0.2, -0.15) is 0 Å². The van der Waals surface area contributed by atoms with E-state index in [1.54, 1.807) is 0 Å². The molecule has 28 heavy (non-hydrogen) atoms. The van der Waals surface area contributed by atoms with Crippen molar-refractivity contribution < 1.29 is 9.47 Å². The Bertz CT molecular complexity index is 800. The number of hydrogen-bond acceptors (Lipinski definition) is 4. The number of ether oxygens (including phenoxy) is 2. The van der Waals surface area contributed by atoms with Crippen LogP contribution in [0.5, 0.6) is 11.5 Å². The van der Waals surface area contributed by atoms with Crippen LogP contribution in [0.3, 0.4) is 0 Å². The maximum atomic E-state index is 5.44. The number of nitrogens with one attached hydrogen (secondary N) is 2. The van der Waals surface area contributed by atoms with Crippen LogP contribution >= 0.6 is 24.0 Å². The lowest BCUT2D eigenvalue weighted by Gasteiger charge is -2.20. The summed E-state index contributed by atoms with van der Waals surface area (Å²) >= 11 is 0. The van der Waals surface area contributed by atoms with Gasteiger partial charge >= 0.3 is 0 Å². The standard InChI is InChI=1S/C21H26N4O2.HI/c1-22-21(23-11-9-16-7-8-19-20(13-16)27-15-26-19)24-17-10-12-25(14-17)18-5-3-2-4-6-18;/h2-8,13,17H,9-12,14-15H2,1H3,(H2,22,23,24);1H. The molecule has 1 saturated heterocycles. The molecule has 0 bridgehead atoms. The molecule has 0 aliphatic carbocycles. The van der Waals surface area contributed by atoms with E-state index in [1.807, 2.05) is 13.1 Å². The molecule has 7 heteroatoms. The molecule has 2 aliphatic rings. The Balaban J connectivity index is 0.00000225. The van der Waals surface area contributed by atoms with E-state index < -0.39 is 0 Å². The van der Waals surface area contributed by atoms with Gasteiger partial charge in [-0.15, -0.1) is 24.0 Å². The van der Waals surface area contributed by atoms with Gasteiger partial charge in [0.1, 0.15) is 0 Å². The van der Waals surface area contributed by atoms with Crippen LogP contribution in [0.1, 0.15) is 12.0 Å². The lowest BCUT2D eigenvalue weighted by molar-refractivity contribution is 0.174. The minimum atomic E-state index is 0. The first kappa shape index (κ1) is 20.6. The quantitative estimate of drug-likeness (QED) is 0.381. The summed E-state index contributed by atoms with van der Waals surface area (Å²) in [6.07, 6.45) is 2.01. The maximum absolute atomic E-state index is 5.44. The minimum absolute atomic E-state index is 0. The smallest absolute Gasteiger partial charge is 0.231 e. The van der Waals surface area contributed by atoms with Crippen LogP contribution in [-0.4, -0.2) is 45.5 Å². The largest absolute Gasteiger partial charge is 0.454 e. The molecule has 1 unspecified atom stereocenters. The molecule has 2 aliphatic heterocycles. The van der Waals surface area contributed by atoms with E-state index in [1.165, 1.54) is 11.3 Å². The van der Waals surface area contributed by atoms with Crippen molar-refractivity contribution in [3.05, 3.63) is 54.1 Å². The van der Waals surface area contributed by atoms with Gasteiger partial charge in [0, 0.05) is 38.4 Å². The highest BCUT2D eigenvalue weighted by Crippen LogP contribution is 2.32. The van der Waals surface area contributed by atoms with Gasteiger partial charge in [0.15, 0.2) is 17.5 Å². The van der Waals surface area contributed by atoms with E-state index in [-0.39, 0.29) is 24.0 Å². The summed E-state index contributed by atoms with van der Waals surface area (Å²) in [6.45, 7) is 3.19. The third kappa shape index (κ3) is 5.01. The summed E-state index contributed by atoms with van der Waals surface area (Å²) in [7, 11) is 1.82. The Morgan fingerprint density at radius 1 is 1.14 bits per heavy atom. The van der Waals surface area contributed by atoms with Crippen molar-refractivity contribution in [1.82, 2.24) is 10.6 Å². The molecule has 1 fully saturated rings. The fraction of sp³-hybridized carbons (Fsp3) is 0.381. The molecule has 0 radical (unpaired) electrons. The van der Waals surface area contributed by atoms with Crippen LogP contribution in [0.15, 0.2) is 53.5 Å². The number of halogens is 1. The predicted molar refractivity (Wildman–Crippen MR) is 123 cm³/mol. The molecule has 2 aromatic carbocycles. The first-order chi connectivity index (χ1) is 13.3.